The topological polar surface area (TPSA) is 112 Å². The van der Waals surface area contributed by atoms with Crippen molar-refractivity contribution in [3.63, 3.8) is 0 Å². The van der Waals surface area contributed by atoms with E-state index in [1.807, 2.05) is 6.07 Å². The maximum Gasteiger partial charge on any atom is 0.337 e. The van der Waals surface area contributed by atoms with Crippen molar-refractivity contribution in [1.82, 2.24) is 4.57 Å². The van der Waals surface area contributed by atoms with Gasteiger partial charge in [-0.3, -0.25) is 9.59 Å². The fraction of sp³-hybridized carbons (Fsp3) is 0.176. The SMILES string of the molecule is Cc1cc(C)n(CC(=O)Nc2ccccc2C(=O)O)c(=O)c1C#N. The highest BCUT2D eigenvalue weighted by atomic mass is 16.4. The quantitative estimate of drug-likeness (QED) is 0.888. The van der Waals surface area contributed by atoms with E-state index in [9.17, 15) is 14.4 Å². The van der Waals surface area contributed by atoms with Crippen LogP contribution in [0.5, 0.6) is 0 Å². The molecule has 0 radical (unpaired) electrons. The van der Waals surface area contributed by atoms with E-state index in [0.717, 1.165) is 0 Å². The Balaban J connectivity index is 2.31. The number of benzene rings is 1. The minimum Gasteiger partial charge on any atom is -0.478 e. The molecule has 2 rings (SSSR count). The second-order valence-electron chi connectivity index (χ2n) is 5.25. The maximum atomic E-state index is 12.3. The molecule has 0 atom stereocenters. The monoisotopic (exact) mass is 325 g/mol. The van der Waals surface area contributed by atoms with E-state index >= 15 is 0 Å². The largest absolute Gasteiger partial charge is 0.478 e. The van der Waals surface area contributed by atoms with Crippen molar-refractivity contribution in [2.45, 2.75) is 20.4 Å². The molecule has 2 N–H and O–H groups in total. The predicted molar refractivity (Wildman–Crippen MR) is 86.9 cm³/mol. The lowest BCUT2D eigenvalue weighted by Crippen LogP contribution is -2.31. The van der Waals surface area contributed by atoms with Gasteiger partial charge in [-0.2, -0.15) is 5.26 Å². The Morgan fingerprint density at radius 3 is 2.58 bits per heavy atom. The number of carboxylic acids is 1. The van der Waals surface area contributed by atoms with E-state index in [1.54, 1.807) is 32.0 Å². The standard InChI is InChI=1S/C17H15N3O4/c1-10-7-11(2)20(16(22)13(10)8-18)9-15(21)19-14-6-4-3-5-12(14)17(23)24/h3-7H,9H2,1-2H3,(H,19,21)(H,23,24). The van der Waals surface area contributed by atoms with Gasteiger partial charge in [-0.1, -0.05) is 12.1 Å². The number of nitrogens with zero attached hydrogens (tertiary/aromatic N) is 2. The van der Waals surface area contributed by atoms with Crippen molar-refractivity contribution in [2.24, 2.45) is 0 Å². The van der Waals surface area contributed by atoms with Crippen LogP contribution in [0, 0.1) is 25.2 Å². The number of pyridine rings is 1. The number of amides is 1. The van der Waals surface area contributed by atoms with Gasteiger partial charge in [-0.05, 0) is 37.6 Å². The molecule has 0 spiro atoms. The van der Waals surface area contributed by atoms with Crippen molar-refractivity contribution in [1.29, 1.82) is 5.26 Å². The number of carboxylic acid groups (broad SMARTS) is 1. The number of aromatic nitrogens is 1. The molecule has 0 aliphatic rings. The Kier molecular flexibility index (Phi) is 4.80. The molecule has 0 aliphatic carbocycles. The van der Waals surface area contributed by atoms with Gasteiger partial charge in [0.15, 0.2) is 0 Å². The van der Waals surface area contributed by atoms with E-state index in [2.05, 4.69) is 5.32 Å². The first-order valence-electron chi connectivity index (χ1n) is 7.08. The highest BCUT2D eigenvalue weighted by Gasteiger charge is 2.15. The lowest BCUT2D eigenvalue weighted by Gasteiger charge is -2.13. The van der Waals surface area contributed by atoms with Crippen molar-refractivity contribution < 1.29 is 14.7 Å². The normalized spacial score (nSPS) is 10.0. The first-order valence-corrected chi connectivity index (χ1v) is 7.08. The average Bonchev–Trinajstić information content (AvgIpc) is 2.52. The zero-order valence-electron chi connectivity index (χ0n) is 13.2. The van der Waals surface area contributed by atoms with Crippen LogP contribution in [0.1, 0.15) is 27.2 Å². The molecule has 0 saturated heterocycles. The molecular weight excluding hydrogens is 310 g/mol. The molecule has 0 unspecified atom stereocenters. The smallest absolute Gasteiger partial charge is 0.337 e. The summed E-state index contributed by atoms with van der Waals surface area (Å²) >= 11 is 0. The number of carbonyl (C=O) groups excluding carboxylic acids is 1. The number of hydrogen-bond acceptors (Lipinski definition) is 4. The molecule has 7 nitrogen and oxygen atoms in total. The Bertz CT molecular complexity index is 922. The van der Waals surface area contributed by atoms with E-state index < -0.39 is 17.4 Å². The molecule has 122 valence electrons. The zero-order valence-corrected chi connectivity index (χ0v) is 13.2. The summed E-state index contributed by atoms with van der Waals surface area (Å²) in [6, 6.07) is 9.47. The lowest BCUT2D eigenvalue weighted by atomic mass is 10.1. The molecule has 0 fully saturated rings. The van der Waals surface area contributed by atoms with Crippen LogP contribution >= 0.6 is 0 Å². The number of nitrogens with one attached hydrogen (secondary N) is 1. The number of aryl methyl sites for hydroxylation is 2. The Morgan fingerprint density at radius 1 is 1.29 bits per heavy atom. The highest BCUT2D eigenvalue weighted by Crippen LogP contribution is 2.15. The van der Waals surface area contributed by atoms with Gasteiger partial charge in [0.2, 0.25) is 5.91 Å². The van der Waals surface area contributed by atoms with Crippen LogP contribution in [-0.4, -0.2) is 21.6 Å². The fourth-order valence-corrected chi connectivity index (χ4v) is 2.37. The second-order valence-corrected chi connectivity index (χ2v) is 5.25. The molecule has 2 aromatic rings. The summed E-state index contributed by atoms with van der Waals surface area (Å²) in [7, 11) is 0. The molecule has 7 heteroatoms. The van der Waals surface area contributed by atoms with Crippen molar-refractivity contribution >= 4 is 17.6 Å². The molecule has 1 heterocycles. The van der Waals surface area contributed by atoms with Gasteiger partial charge in [0.1, 0.15) is 18.2 Å². The third kappa shape index (κ3) is 3.33. The second kappa shape index (κ2) is 6.79. The zero-order chi connectivity index (χ0) is 17.9. The molecule has 1 aromatic carbocycles. The van der Waals surface area contributed by atoms with Crippen LogP contribution in [0.15, 0.2) is 35.1 Å². The highest BCUT2D eigenvalue weighted by molar-refractivity contribution is 6.00. The number of anilines is 1. The van der Waals surface area contributed by atoms with Gasteiger partial charge < -0.3 is 15.0 Å². The van der Waals surface area contributed by atoms with Crippen LogP contribution in [0.25, 0.3) is 0 Å². The third-order valence-electron chi connectivity index (χ3n) is 3.55. The summed E-state index contributed by atoms with van der Waals surface area (Å²) in [6.45, 7) is 3.00. The molecule has 0 bridgehead atoms. The summed E-state index contributed by atoms with van der Waals surface area (Å²) in [5.41, 5.74) is 0.631. The van der Waals surface area contributed by atoms with E-state index in [4.69, 9.17) is 10.4 Å². The number of hydrogen-bond donors (Lipinski definition) is 2. The summed E-state index contributed by atoms with van der Waals surface area (Å²) in [4.78, 5) is 35.6. The van der Waals surface area contributed by atoms with Crippen molar-refractivity contribution in [3.05, 3.63) is 63.1 Å². The Morgan fingerprint density at radius 2 is 1.96 bits per heavy atom. The molecular formula is C17H15N3O4. The van der Waals surface area contributed by atoms with Crippen LogP contribution < -0.4 is 10.9 Å². The lowest BCUT2D eigenvalue weighted by molar-refractivity contribution is -0.116. The van der Waals surface area contributed by atoms with E-state index in [-0.39, 0.29) is 23.4 Å². The number of carbonyl (C=O) groups is 2. The summed E-state index contributed by atoms with van der Waals surface area (Å²) in [5.74, 6) is -1.72. The number of para-hydroxylation sites is 1. The van der Waals surface area contributed by atoms with E-state index in [0.29, 0.717) is 11.3 Å². The minimum absolute atomic E-state index is 0.0145. The summed E-state index contributed by atoms with van der Waals surface area (Å²) in [6.07, 6.45) is 0. The first-order chi connectivity index (χ1) is 11.3. The maximum absolute atomic E-state index is 12.3. The van der Waals surface area contributed by atoms with Crippen LogP contribution in [0.4, 0.5) is 5.69 Å². The number of aromatic carboxylic acids is 1. The number of rotatable bonds is 4. The molecule has 0 aliphatic heterocycles. The van der Waals surface area contributed by atoms with Gasteiger partial charge in [-0.15, -0.1) is 0 Å². The fourth-order valence-electron chi connectivity index (χ4n) is 2.37. The first kappa shape index (κ1) is 17.0. The van der Waals surface area contributed by atoms with E-state index in [1.165, 1.54) is 16.7 Å². The van der Waals surface area contributed by atoms with Crippen LogP contribution in [0.2, 0.25) is 0 Å². The van der Waals surface area contributed by atoms with Crippen molar-refractivity contribution in [2.75, 3.05) is 5.32 Å². The van der Waals surface area contributed by atoms with Crippen LogP contribution in [0.3, 0.4) is 0 Å². The Hall–Kier alpha value is -3.40. The van der Waals surface area contributed by atoms with Crippen LogP contribution in [-0.2, 0) is 11.3 Å². The van der Waals surface area contributed by atoms with Gasteiger partial charge in [-0.25, -0.2) is 4.79 Å². The molecule has 1 amide bonds. The average molecular weight is 325 g/mol. The minimum atomic E-state index is -1.17. The van der Waals surface area contributed by atoms with Gasteiger partial charge in [0.25, 0.3) is 5.56 Å². The molecule has 24 heavy (non-hydrogen) atoms. The van der Waals surface area contributed by atoms with Gasteiger partial charge in [0.05, 0.1) is 11.3 Å². The summed E-state index contributed by atoms with van der Waals surface area (Å²) < 4.78 is 1.18. The Labute approximate surface area is 137 Å². The van der Waals surface area contributed by atoms with Gasteiger partial charge >= 0.3 is 5.97 Å². The molecule has 1 aromatic heterocycles. The third-order valence-corrected chi connectivity index (χ3v) is 3.55. The summed E-state index contributed by atoms with van der Waals surface area (Å²) in [5, 5.41) is 20.6. The van der Waals surface area contributed by atoms with Crippen molar-refractivity contribution in [3.8, 4) is 6.07 Å². The predicted octanol–water partition coefficient (Wildman–Crippen LogP) is 1.67. The van der Waals surface area contributed by atoms with Gasteiger partial charge in [0, 0.05) is 5.69 Å². The molecule has 0 saturated carbocycles. The number of nitriles is 1.